The lowest BCUT2D eigenvalue weighted by Gasteiger charge is -2.20. The van der Waals surface area contributed by atoms with E-state index in [1.54, 1.807) is 0 Å². The van der Waals surface area contributed by atoms with Crippen molar-refractivity contribution < 1.29 is 4.79 Å². The molecule has 1 aromatic rings. The van der Waals surface area contributed by atoms with E-state index in [1.807, 2.05) is 0 Å². The summed E-state index contributed by atoms with van der Waals surface area (Å²) in [5.41, 5.74) is 3.32. The van der Waals surface area contributed by atoms with Gasteiger partial charge in [-0.1, -0.05) is 19.3 Å². The van der Waals surface area contributed by atoms with Crippen LogP contribution >= 0.6 is 0 Å². The highest BCUT2D eigenvalue weighted by molar-refractivity contribution is 5.99. The lowest BCUT2D eigenvalue weighted by atomic mass is 9.87. The lowest BCUT2D eigenvalue weighted by Crippen LogP contribution is -2.29. The molecule has 2 aliphatic rings. The number of carbonyl (C=O) groups excluding carboxylic acids is 1. The molecule has 2 N–H and O–H groups in total. The number of rotatable bonds is 1. The first-order valence-electron chi connectivity index (χ1n) is 6.30. The Hall–Kier alpha value is -1.09. The minimum absolute atomic E-state index is 0.236. The summed E-state index contributed by atoms with van der Waals surface area (Å²) in [4.78, 5) is 15.1. The van der Waals surface area contributed by atoms with Gasteiger partial charge in [0.2, 0.25) is 0 Å². The molecule has 3 rings (SSSR count). The van der Waals surface area contributed by atoms with Gasteiger partial charge in [-0.2, -0.15) is 0 Å². The van der Waals surface area contributed by atoms with E-state index in [9.17, 15) is 4.79 Å². The van der Waals surface area contributed by atoms with Crippen molar-refractivity contribution in [1.29, 1.82) is 0 Å². The van der Waals surface area contributed by atoms with E-state index in [-0.39, 0.29) is 5.78 Å². The summed E-state index contributed by atoms with van der Waals surface area (Å²) in [7, 11) is 0. The molecule has 0 unspecified atom stereocenters. The maximum absolute atomic E-state index is 11.7. The van der Waals surface area contributed by atoms with Gasteiger partial charge >= 0.3 is 0 Å². The van der Waals surface area contributed by atoms with Gasteiger partial charge < -0.3 is 10.3 Å². The SMILES string of the molecule is O=C1CNCc2[nH]c(C3CCCCC3)cc21. The monoisotopic (exact) mass is 218 g/mol. The quantitative estimate of drug-likeness (QED) is 0.760. The summed E-state index contributed by atoms with van der Waals surface area (Å²) in [6, 6.07) is 2.11. The Morgan fingerprint density at radius 3 is 2.69 bits per heavy atom. The van der Waals surface area contributed by atoms with E-state index in [1.165, 1.54) is 37.8 Å². The zero-order valence-corrected chi connectivity index (χ0v) is 9.51. The van der Waals surface area contributed by atoms with Crippen LogP contribution in [-0.4, -0.2) is 17.3 Å². The van der Waals surface area contributed by atoms with Gasteiger partial charge in [-0.15, -0.1) is 0 Å². The van der Waals surface area contributed by atoms with Crippen LogP contribution in [0.15, 0.2) is 6.07 Å². The number of hydrogen-bond acceptors (Lipinski definition) is 2. The highest BCUT2D eigenvalue weighted by Crippen LogP contribution is 2.33. The minimum atomic E-state index is 0.236. The van der Waals surface area contributed by atoms with Gasteiger partial charge in [0.25, 0.3) is 0 Å². The van der Waals surface area contributed by atoms with Crippen molar-refractivity contribution >= 4 is 5.78 Å². The van der Waals surface area contributed by atoms with Crippen LogP contribution in [0.5, 0.6) is 0 Å². The van der Waals surface area contributed by atoms with E-state index in [4.69, 9.17) is 0 Å². The van der Waals surface area contributed by atoms with Gasteiger partial charge in [-0.05, 0) is 24.8 Å². The molecule has 0 spiro atoms. The van der Waals surface area contributed by atoms with Crippen LogP contribution in [0.1, 0.15) is 59.8 Å². The molecule has 0 amide bonds. The standard InChI is InChI=1S/C13H18N2O/c16-13-8-14-7-12-10(13)6-11(15-12)9-4-2-1-3-5-9/h6,9,14-15H,1-5,7-8H2. The van der Waals surface area contributed by atoms with Crippen LogP contribution in [0.3, 0.4) is 0 Å². The van der Waals surface area contributed by atoms with Gasteiger partial charge in [0.15, 0.2) is 5.78 Å². The Labute approximate surface area is 95.6 Å². The third-order valence-corrected chi connectivity index (χ3v) is 3.85. The van der Waals surface area contributed by atoms with Crippen LogP contribution < -0.4 is 5.32 Å². The van der Waals surface area contributed by atoms with Crippen LogP contribution in [0.4, 0.5) is 0 Å². The molecule has 1 fully saturated rings. The van der Waals surface area contributed by atoms with E-state index >= 15 is 0 Å². The average molecular weight is 218 g/mol. The molecular weight excluding hydrogens is 200 g/mol. The fraction of sp³-hybridized carbons (Fsp3) is 0.615. The van der Waals surface area contributed by atoms with Gasteiger partial charge in [0, 0.05) is 23.5 Å². The topological polar surface area (TPSA) is 44.9 Å². The fourth-order valence-electron chi connectivity index (χ4n) is 2.94. The maximum Gasteiger partial charge on any atom is 0.178 e. The molecule has 1 aliphatic carbocycles. The predicted octanol–water partition coefficient (Wildman–Crippen LogP) is 2.35. The summed E-state index contributed by atoms with van der Waals surface area (Å²) in [5.74, 6) is 0.895. The van der Waals surface area contributed by atoms with Crippen molar-refractivity contribution in [2.75, 3.05) is 6.54 Å². The number of aromatic amines is 1. The molecule has 86 valence electrons. The van der Waals surface area contributed by atoms with E-state index < -0.39 is 0 Å². The molecule has 1 saturated carbocycles. The molecule has 2 heterocycles. The molecule has 16 heavy (non-hydrogen) atoms. The first-order chi connectivity index (χ1) is 7.84. The molecule has 0 saturated heterocycles. The first kappa shape index (κ1) is 10.1. The number of Topliss-reactive ketones (excluding diaryl/α,β-unsaturated/α-hetero) is 1. The van der Waals surface area contributed by atoms with Gasteiger partial charge in [-0.3, -0.25) is 4.79 Å². The molecule has 0 radical (unpaired) electrons. The highest BCUT2D eigenvalue weighted by Gasteiger charge is 2.23. The molecule has 1 aliphatic heterocycles. The van der Waals surface area contributed by atoms with Crippen molar-refractivity contribution in [3.63, 3.8) is 0 Å². The highest BCUT2D eigenvalue weighted by atomic mass is 16.1. The number of nitrogens with one attached hydrogen (secondary N) is 2. The Bertz CT molecular complexity index is 402. The Morgan fingerprint density at radius 2 is 1.94 bits per heavy atom. The summed E-state index contributed by atoms with van der Waals surface area (Å²) in [6.07, 6.45) is 6.60. The molecule has 1 aromatic heterocycles. The third kappa shape index (κ3) is 1.69. The second-order valence-corrected chi connectivity index (χ2v) is 4.98. The first-order valence-corrected chi connectivity index (χ1v) is 6.30. The fourth-order valence-corrected chi connectivity index (χ4v) is 2.94. The lowest BCUT2D eigenvalue weighted by molar-refractivity contribution is 0.0982. The van der Waals surface area contributed by atoms with Crippen LogP contribution in [0.25, 0.3) is 0 Å². The number of H-pyrrole nitrogens is 1. The van der Waals surface area contributed by atoms with E-state index in [0.717, 1.165) is 17.8 Å². The number of aromatic nitrogens is 1. The van der Waals surface area contributed by atoms with Gasteiger partial charge in [0.1, 0.15) is 0 Å². The molecule has 0 bridgehead atoms. The average Bonchev–Trinajstić information content (AvgIpc) is 2.76. The molecule has 0 atom stereocenters. The second-order valence-electron chi connectivity index (χ2n) is 4.98. The number of hydrogen-bond donors (Lipinski definition) is 2. The largest absolute Gasteiger partial charge is 0.360 e. The predicted molar refractivity (Wildman–Crippen MR) is 62.7 cm³/mol. The van der Waals surface area contributed by atoms with Crippen LogP contribution in [-0.2, 0) is 6.54 Å². The molecular formula is C13H18N2O. The maximum atomic E-state index is 11.7. The van der Waals surface area contributed by atoms with Crippen LogP contribution in [0.2, 0.25) is 0 Å². The van der Waals surface area contributed by atoms with E-state index in [2.05, 4.69) is 16.4 Å². The molecule has 3 heteroatoms. The third-order valence-electron chi connectivity index (χ3n) is 3.85. The van der Waals surface area contributed by atoms with Gasteiger partial charge in [-0.25, -0.2) is 0 Å². The normalized spacial score (nSPS) is 22.1. The Kier molecular flexibility index (Phi) is 2.56. The smallest absolute Gasteiger partial charge is 0.178 e. The Morgan fingerprint density at radius 1 is 1.12 bits per heavy atom. The summed E-state index contributed by atoms with van der Waals surface area (Å²) in [5, 5.41) is 3.13. The van der Waals surface area contributed by atoms with E-state index in [0.29, 0.717) is 12.5 Å². The van der Waals surface area contributed by atoms with Gasteiger partial charge in [0.05, 0.1) is 6.54 Å². The summed E-state index contributed by atoms with van der Waals surface area (Å²) >= 11 is 0. The molecule has 3 nitrogen and oxygen atoms in total. The Balaban J connectivity index is 1.88. The van der Waals surface area contributed by atoms with Crippen molar-refractivity contribution in [2.24, 2.45) is 0 Å². The number of carbonyl (C=O) groups is 1. The van der Waals surface area contributed by atoms with Crippen molar-refractivity contribution in [3.8, 4) is 0 Å². The number of ketones is 1. The second kappa shape index (κ2) is 4.06. The minimum Gasteiger partial charge on any atom is -0.360 e. The van der Waals surface area contributed by atoms with Crippen molar-refractivity contribution in [3.05, 3.63) is 23.0 Å². The van der Waals surface area contributed by atoms with Crippen molar-refractivity contribution in [1.82, 2.24) is 10.3 Å². The summed E-state index contributed by atoms with van der Waals surface area (Å²) < 4.78 is 0. The molecule has 0 aromatic carbocycles. The zero-order chi connectivity index (χ0) is 11.0. The zero-order valence-electron chi connectivity index (χ0n) is 9.51. The van der Waals surface area contributed by atoms with Crippen LogP contribution in [0, 0.1) is 0 Å². The summed E-state index contributed by atoms with van der Waals surface area (Å²) in [6.45, 7) is 1.31. The number of fused-ring (bicyclic) bond motifs is 1. The van der Waals surface area contributed by atoms with Crippen molar-refractivity contribution in [2.45, 2.75) is 44.6 Å².